The molecule has 3 rings (SSSR count). The second kappa shape index (κ2) is 7.31. The summed E-state index contributed by atoms with van der Waals surface area (Å²) in [5, 5.41) is 12.6. The summed E-state index contributed by atoms with van der Waals surface area (Å²) in [5.74, 6) is 0.483. The van der Waals surface area contributed by atoms with E-state index < -0.39 is 22.9 Å². The number of anilines is 1. The van der Waals surface area contributed by atoms with Crippen molar-refractivity contribution in [2.75, 3.05) is 18.0 Å². The van der Waals surface area contributed by atoms with E-state index in [-0.39, 0.29) is 22.6 Å². The minimum absolute atomic E-state index is 0.164. The number of hydrogen-bond acceptors (Lipinski definition) is 6. The lowest BCUT2D eigenvalue weighted by Crippen LogP contribution is -2.49. The molecule has 1 atom stereocenters. The molecule has 3 heterocycles. The van der Waals surface area contributed by atoms with Crippen molar-refractivity contribution < 1.29 is 9.53 Å². The van der Waals surface area contributed by atoms with Gasteiger partial charge in [0.05, 0.1) is 5.52 Å². The lowest BCUT2D eigenvalue weighted by Gasteiger charge is -2.34. The molecular formula is C19H26N6O4. The maximum absolute atomic E-state index is 12.5. The van der Waals surface area contributed by atoms with Crippen LogP contribution in [0.5, 0.6) is 0 Å². The number of hydrogen-bond donors (Lipinski definition) is 2. The number of carbonyl (C=O) groups is 1. The zero-order valence-electron chi connectivity index (χ0n) is 17.3. The minimum Gasteiger partial charge on any atom is -0.444 e. The van der Waals surface area contributed by atoms with Crippen molar-refractivity contribution in [2.24, 2.45) is 14.1 Å². The van der Waals surface area contributed by atoms with E-state index in [2.05, 4.69) is 16.4 Å². The fourth-order valence-corrected chi connectivity index (χ4v) is 3.66. The van der Waals surface area contributed by atoms with Crippen LogP contribution in [0, 0.1) is 11.3 Å². The molecule has 0 radical (unpaired) electrons. The summed E-state index contributed by atoms with van der Waals surface area (Å²) < 4.78 is 7.63. The number of H-pyrrole nitrogens is 1. The number of aromatic amines is 1. The highest BCUT2D eigenvalue weighted by Crippen LogP contribution is 2.28. The number of aryl methyl sites for hydroxylation is 1. The molecule has 1 saturated heterocycles. The molecular weight excluding hydrogens is 376 g/mol. The Kier molecular flexibility index (Phi) is 5.17. The number of amides is 1. The molecule has 1 aliphatic heterocycles. The van der Waals surface area contributed by atoms with Crippen LogP contribution in [0.3, 0.4) is 0 Å². The Morgan fingerprint density at radius 2 is 1.97 bits per heavy atom. The van der Waals surface area contributed by atoms with Crippen LogP contribution in [-0.2, 0) is 18.8 Å². The summed E-state index contributed by atoms with van der Waals surface area (Å²) in [6.07, 6.45) is 1.08. The summed E-state index contributed by atoms with van der Waals surface area (Å²) in [4.78, 5) is 41.9. The minimum atomic E-state index is -0.589. The second-order valence-corrected chi connectivity index (χ2v) is 8.32. The average molecular weight is 402 g/mol. The lowest BCUT2D eigenvalue weighted by atomic mass is 10.1. The lowest BCUT2D eigenvalue weighted by molar-refractivity contribution is 0.0500. The van der Waals surface area contributed by atoms with E-state index in [0.717, 1.165) is 17.4 Å². The van der Waals surface area contributed by atoms with Gasteiger partial charge in [0.2, 0.25) is 0 Å². The number of carbonyl (C=O) groups excluding carboxylic acids is 1. The number of alkyl carbamates (subject to hydrolysis) is 1. The molecule has 0 saturated carbocycles. The molecule has 2 aromatic rings. The third-order valence-corrected chi connectivity index (χ3v) is 4.95. The first kappa shape index (κ1) is 20.5. The third kappa shape index (κ3) is 3.85. The first-order valence-corrected chi connectivity index (χ1v) is 9.49. The fraction of sp³-hybridized carbons (Fsp3) is 0.579. The highest BCUT2D eigenvalue weighted by molar-refractivity contribution is 5.88. The molecule has 10 nitrogen and oxygen atoms in total. The Bertz CT molecular complexity index is 1110. The van der Waals surface area contributed by atoms with Crippen LogP contribution in [0.15, 0.2) is 9.59 Å². The highest BCUT2D eigenvalue weighted by atomic mass is 16.6. The Labute approximate surface area is 167 Å². The molecule has 0 spiro atoms. The van der Waals surface area contributed by atoms with Gasteiger partial charge in [-0.25, -0.2) is 9.59 Å². The number of piperidine rings is 1. The van der Waals surface area contributed by atoms with Gasteiger partial charge in [-0.3, -0.25) is 13.9 Å². The number of nitriles is 1. The molecule has 0 aromatic carbocycles. The van der Waals surface area contributed by atoms with Crippen LogP contribution in [-0.4, -0.2) is 44.9 Å². The van der Waals surface area contributed by atoms with Gasteiger partial charge in [0.25, 0.3) is 5.56 Å². The van der Waals surface area contributed by atoms with E-state index in [4.69, 9.17) is 4.74 Å². The molecule has 0 aliphatic carbocycles. The molecule has 29 heavy (non-hydrogen) atoms. The van der Waals surface area contributed by atoms with E-state index in [9.17, 15) is 19.6 Å². The van der Waals surface area contributed by atoms with E-state index in [0.29, 0.717) is 18.9 Å². The van der Waals surface area contributed by atoms with Gasteiger partial charge in [-0.2, -0.15) is 5.26 Å². The molecule has 156 valence electrons. The van der Waals surface area contributed by atoms with E-state index >= 15 is 0 Å². The first-order chi connectivity index (χ1) is 13.5. The largest absolute Gasteiger partial charge is 0.444 e. The zero-order chi connectivity index (χ0) is 21.5. The molecule has 0 unspecified atom stereocenters. The number of fused-ring (bicyclic) bond motifs is 1. The standard InChI is InChI=1S/C19H26N6O4/c1-19(2,3)29-17(27)21-11-7-6-8-25(10-11)15-12(9-20)14-13(22-15)16(26)24(5)18(28)23(14)4/h11,22H,6-8,10H2,1-5H3,(H,21,27)/t11-/m0/s1. The Morgan fingerprint density at radius 3 is 2.59 bits per heavy atom. The van der Waals surface area contributed by atoms with E-state index in [1.54, 1.807) is 20.8 Å². The van der Waals surface area contributed by atoms with Crippen molar-refractivity contribution in [1.82, 2.24) is 19.4 Å². The molecule has 1 fully saturated rings. The average Bonchev–Trinajstić information content (AvgIpc) is 3.03. The number of nitrogens with one attached hydrogen (secondary N) is 2. The van der Waals surface area contributed by atoms with Gasteiger partial charge in [0.15, 0.2) is 0 Å². The predicted molar refractivity (Wildman–Crippen MR) is 108 cm³/mol. The predicted octanol–water partition coefficient (Wildman–Crippen LogP) is 0.930. The molecule has 1 aliphatic rings. The van der Waals surface area contributed by atoms with Crippen molar-refractivity contribution in [3.63, 3.8) is 0 Å². The SMILES string of the molecule is Cn1c(=O)c2[nH]c(N3CCC[C@H](NC(=O)OC(C)(C)C)C3)c(C#N)c2n(C)c1=O. The van der Waals surface area contributed by atoms with Gasteiger partial charge in [0.1, 0.15) is 28.6 Å². The second-order valence-electron chi connectivity index (χ2n) is 8.32. The van der Waals surface area contributed by atoms with Gasteiger partial charge in [-0.1, -0.05) is 0 Å². The van der Waals surface area contributed by atoms with Crippen molar-refractivity contribution in [2.45, 2.75) is 45.3 Å². The third-order valence-electron chi connectivity index (χ3n) is 4.95. The van der Waals surface area contributed by atoms with Crippen LogP contribution in [0.2, 0.25) is 0 Å². The van der Waals surface area contributed by atoms with Gasteiger partial charge >= 0.3 is 11.8 Å². The van der Waals surface area contributed by atoms with Crippen LogP contribution in [0.4, 0.5) is 10.6 Å². The molecule has 0 bridgehead atoms. The molecule has 10 heteroatoms. The van der Waals surface area contributed by atoms with Gasteiger partial charge in [-0.05, 0) is 33.6 Å². The van der Waals surface area contributed by atoms with E-state index in [1.165, 1.54) is 18.7 Å². The highest BCUT2D eigenvalue weighted by Gasteiger charge is 2.28. The quantitative estimate of drug-likeness (QED) is 0.770. The Balaban J connectivity index is 1.95. The maximum Gasteiger partial charge on any atom is 0.407 e. The number of nitrogens with zero attached hydrogens (tertiary/aromatic N) is 4. The van der Waals surface area contributed by atoms with Gasteiger partial charge in [0, 0.05) is 33.2 Å². The van der Waals surface area contributed by atoms with Crippen molar-refractivity contribution in [1.29, 1.82) is 5.26 Å². The maximum atomic E-state index is 12.5. The summed E-state index contributed by atoms with van der Waals surface area (Å²) in [7, 11) is 2.93. The molecule has 2 N–H and O–H groups in total. The monoisotopic (exact) mass is 402 g/mol. The summed E-state index contributed by atoms with van der Waals surface area (Å²) in [5.41, 5.74) is -0.815. The number of aromatic nitrogens is 3. The smallest absolute Gasteiger partial charge is 0.407 e. The normalized spacial score (nSPS) is 17.2. The van der Waals surface area contributed by atoms with E-state index in [1.807, 2.05) is 4.90 Å². The summed E-state index contributed by atoms with van der Waals surface area (Å²) in [6.45, 7) is 6.51. The Morgan fingerprint density at radius 1 is 1.28 bits per heavy atom. The number of rotatable bonds is 2. The Hall–Kier alpha value is -3.22. The summed E-state index contributed by atoms with van der Waals surface area (Å²) >= 11 is 0. The molecule has 1 amide bonds. The van der Waals surface area contributed by atoms with Crippen molar-refractivity contribution in [3.05, 3.63) is 26.4 Å². The number of ether oxygens (including phenoxy) is 1. The van der Waals surface area contributed by atoms with Crippen LogP contribution in [0.1, 0.15) is 39.2 Å². The topological polar surface area (TPSA) is 125 Å². The molecule has 2 aromatic heterocycles. The van der Waals surface area contributed by atoms with Crippen LogP contribution in [0.25, 0.3) is 11.0 Å². The first-order valence-electron chi connectivity index (χ1n) is 9.49. The van der Waals surface area contributed by atoms with Gasteiger partial charge < -0.3 is 19.9 Å². The van der Waals surface area contributed by atoms with Crippen molar-refractivity contribution in [3.8, 4) is 6.07 Å². The van der Waals surface area contributed by atoms with Crippen molar-refractivity contribution >= 4 is 22.9 Å². The fourth-order valence-electron chi connectivity index (χ4n) is 3.66. The van der Waals surface area contributed by atoms with Crippen LogP contribution >= 0.6 is 0 Å². The zero-order valence-corrected chi connectivity index (χ0v) is 17.3. The van der Waals surface area contributed by atoms with Crippen LogP contribution < -0.4 is 21.5 Å². The summed E-state index contributed by atoms with van der Waals surface area (Å²) in [6, 6.07) is 1.96. The van der Waals surface area contributed by atoms with Gasteiger partial charge in [-0.15, -0.1) is 0 Å².